The fraction of sp³-hybridized carbons (Fsp3) is 0.545. The van der Waals surface area contributed by atoms with Crippen LogP contribution in [-0.2, 0) is 11.3 Å². The first-order chi connectivity index (χ1) is 8.27. The van der Waals surface area contributed by atoms with E-state index in [-0.39, 0.29) is 11.6 Å². The summed E-state index contributed by atoms with van der Waals surface area (Å²) < 4.78 is 9.74. The van der Waals surface area contributed by atoms with Crippen LogP contribution in [-0.4, -0.2) is 24.7 Å². The van der Waals surface area contributed by atoms with Gasteiger partial charge in [-0.1, -0.05) is 5.16 Å². The molecule has 0 aliphatic heterocycles. The lowest BCUT2D eigenvalue weighted by atomic mass is 10.2. The van der Waals surface area contributed by atoms with Crippen molar-refractivity contribution >= 4 is 5.91 Å². The van der Waals surface area contributed by atoms with Gasteiger partial charge in [0.1, 0.15) is 6.61 Å². The van der Waals surface area contributed by atoms with E-state index in [4.69, 9.17) is 14.5 Å². The summed E-state index contributed by atoms with van der Waals surface area (Å²) in [5.41, 5.74) is 0.248. The summed E-state index contributed by atoms with van der Waals surface area (Å²) in [6.07, 6.45) is 2.07. The second-order valence-corrected chi connectivity index (χ2v) is 3.48. The van der Waals surface area contributed by atoms with Crippen molar-refractivity contribution in [3.05, 3.63) is 17.5 Å². The van der Waals surface area contributed by atoms with Crippen LogP contribution in [0.1, 0.15) is 35.5 Å². The lowest BCUT2D eigenvalue weighted by molar-refractivity contribution is 0.0943. The maximum Gasteiger partial charge on any atom is 0.273 e. The fourth-order valence-corrected chi connectivity index (χ4v) is 1.25. The van der Waals surface area contributed by atoms with Crippen LogP contribution in [0.25, 0.3) is 0 Å². The largest absolute Gasteiger partial charge is 0.377 e. The van der Waals surface area contributed by atoms with Gasteiger partial charge in [0.05, 0.1) is 6.07 Å². The number of nitrogens with one attached hydrogen (secondary N) is 1. The van der Waals surface area contributed by atoms with E-state index in [1.54, 1.807) is 6.07 Å². The Balaban J connectivity index is 2.29. The monoisotopic (exact) mass is 237 g/mol. The summed E-state index contributed by atoms with van der Waals surface area (Å²) in [5, 5.41) is 14.7. The Hall–Kier alpha value is -1.87. The number of rotatable bonds is 7. The third kappa shape index (κ3) is 4.66. The molecule has 0 saturated carbocycles. The average Bonchev–Trinajstić information content (AvgIpc) is 2.78. The summed E-state index contributed by atoms with van der Waals surface area (Å²) in [6.45, 7) is 0.829. The van der Waals surface area contributed by atoms with E-state index in [9.17, 15) is 4.79 Å². The molecule has 1 N–H and O–H groups in total. The zero-order valence-corrected chi connectivity index (χ0v) is 9.73. The molecule has 0 aliphatic carbocycles. The molecule has 1 heterocycles. The van der Waals surface area contributed by atoms with Crippen LogP contribution in [0, 0.1) is 11.3 Å². The van der Waals surface area contributed by atoms with Gasteiger partial charge >= 0.3 is 0 Å². The number of carbonyl (C=O) groups is 1. The molecule has 0 aliphatic rings. The number of methoxy groups -OCH3 is 1. The third-order valence-corrected chi connectivity index (χ3v) is 2.08. The molecule has 0 fully saturated rings. The first-order valence-corrected chi connectivity index (χ1v) is 5.37. The van der Waals surface area contributed by atoms with E-state index in [0.29, 0.717) is 25.3 Å². The topological polar surface area (TPSA) is 88.1 Å². The Labute approximate surface area is 99.5 Å². The second kappa shape index (κ2) is 7.41. The summed E-state index contributed by atoms with van der Waals surface area (Å²) in [7, 11) is 1.54. The molecule has 1 amide bonds. The quantitative estimate of drug-likeness (QED) is 0.721. The van der Waals surface area contributed by atoms with Crippen LogP contribution in [0.15, 0.2) is 10.6 Å². The molecule has 0 unspecified atom stereocenters. The number of amides is 1. The molecule has 1 rings (SSSR count). The molecular weight excluding hydrogens is 222 g/mol. The van der Waals surface area contributed by atoms with Crippen LogP contribution in [0.3, 0.4) is 0 Å². The lowest BCUT2D eigenvalue weighted by Gasteiger charge is -2.00. The molecule has 1 aromatic rings. The minimum absolute atomic E-state index is 0.248. The van der Waals surface area contributed by atoms with Gasteiger partial charge in [0.15, 0.2) is 11.5 Å². The molecule has 6 heteroatoms. The van der Waals surface area contributed by atoms with E-state index in [1.807, 2.05) is 0 Å². The molecule has 0 bridgehead atoms. The van der Waals surface area contributed by atoms with E-state index in [0.717, 1.165) is 12.8 Å². The number of hydrogen-bond acceptors (Lipinski definition) is 5. The van der Waals surface area contributed by atoms with Gasteiger partial charge in [-0.25, -0.2) is 0 Å². The maximum atomic E-state index is 11.6. The van der Waals surface area contributed by atoms with Crippen molar-refractivity contribution < 1.29 is 14.1 Å². The number of ether oxygens (including phenoxy) is 1. The lowest BCUT2D eigenvalue weighted by Crippen LogP contribution is -2.24. The number of aromatic nitrogens is 1. The van der Waals surface area contributed by atoms with Crippen molar-refractivity contribution in [2.75, 3.05) is 13.7 Å². The van der Waals surface area contributed by atoms with E-state index in [2.05, 4.69) is 16.5 Å². The number of hydrogen-bond donors (Lipinski definition) is 1. The summed E-state index contributed by atoms with van der Waals surface area (Å²) in [5.74, 6) is 0.246. The Morgan fingerprint density at radius 1 is 1.65 bits per heavy atom. The summed E-state index contributed by atoms with van der Waals surface area (Å²) in [6, 6.07) is 3.60. The summed E-state index contributed by atoms with van der Waals surface area (Å²) >= 11 is 0. The Morgan fingerprint density at radius 3 is 3.18 bits per heavy atom. The third-order valence-electron chi connectivity index (χ3n) is 2.08. The van der Waals surface area contributed by atoms with Crippen molar-refractivity contribution in [2.45, 2.75) is 25.9 Å². The van der Waals surface area contributed by atoms with Crippen LogP contribution in [0.4, 0.5) is 0 Å². The fourth-order valence-electron chi connectivity index (χ4n) is 1.25. The summed E-state index contributed by atoms with van der Waals surface area (Å²) in [4.78, 5) is 11.6. The molecule has 6 nitrogen and oxygen atoms in total. The van der Waals surface area contributed by atoms with Crippen LogP contribution >= 0.6 is 0 Å². The van der Waals surface area contributed by atoms with E-state index in [1.165, 1.54) is 7.11 Å². The highest BCUT2D eigenvalue weighted by atomic mass is 16.5. The average molecular weight is 237 g/mol. The standard InChI is InChI=1S/C11H15N3O3/c1-16-8-9-7-10(14-17-9)11(15)13-6-4-2-3-5-12/h7H,2-4,6,8H2,1H3,(H,13,15). The van der Waals surface area contributed by atoms with Crippen LogP contribution in [0.5, 0.6) is 0 Å². The second-order valence-electron chi connectivity index (χ2n) is 3.48. The normalized spacial score (nSPS) is 9.88. The molecule has 0 radical (unpaired) electrons. The van der Waals surface area contributed by atoms with Gasteiger partial charge in [0.2, 0.25) is 0 Å². The molecule has 0 saturated heterocycles. The molecule has 17 heavy (non-hydrogen) atoms. The predicted molar refractivity (Wildman–Crippen MR) is 59.0 cm³/mol. The first kappa shape index (κ1) is 13.2. The van der Waals surface area contributed by atoms with E-state index >= 15 is 0 Å². The van der Waals surface area contributed by atoms with Gasteiger partial charge in [-0.15, -0.1) is 0 Å². The molecule has 1 aromatic heterocycles. The van der Waals surface area contributed by atoms with Gasteiger partial charge < -0.3 is 14.6 Å². The van der Waals surface area contributed by atoms with Crippen molar-refractivity contribution in [2.24, 2.45) is 0 Å². The number of nitriles is 1. The molecule has 92 valence electrons. The molecule has 0 spiro atoms. The van der Waals surface area contributed by atoms with Gasteiger partial charge in [0.25, 0.3) is 5.91 Å². The maximum absolute atomic E-state index is 11.6. The minimum Gasteiger partial charge on any atom is -0.377 e. The van der Waals surface area contributed by atoms with Gasteiger partial charge in [-0.05, 0) is 12.8 Å². The highest BCUT2D eigenvalue weighted by Gasteiger charge is 2.11. The zero-order chi connectivity index (χ0) is 12.5. The zero-order valence-electron chi connectivity index (χ0n) is 9.73. The van der Waals surface area contributed by atoms with Gasteiger partial charge in [-0.3, -0.25) is 4.79 Å². The molecular formula is C11H15N3O3. The van der Waals surface area contributed by atoms with Crippen molar-refractivity contribution in [1.29, 1.82) is 5.26 Å². The number of unbranched alkanes of at least 4 members (excludes halogenated alkanes) is 2. The highest BCUT2D eigenvalue weighted by molar-refractivity contribution is 5.92. The first-order valence-electron chi connectivity index (χ1n) is 5.37. The smallest absolute Gasteiger partial charge is 0.273 e. The van der Waals surface area contributed by atoms with E-state index < -0.39 is 0 Å². The Kier molecular flexibility index (Phi) is 5.75. The molecule has 0 aromatic carbocycles. The Morgan fingerprint density at radius 2 is 2.47 bits per heavy atom. The van der Waals surface area contributed by atoms with Gasteiger partial charge in [0, 0.05) is 26.1 Å². The van der Waals surface area contributed by atoms with Crippen molar-refractivity contribution in [3.63, 3.8) is 0 Å². The van der Waals surface area contributed by atoms with Crippen molar-refractivity contribution in [1.82, 2.24) is 10.5 Å². The number of carbonyl (C=O) groups excluding carboxylic acids is 1. The van der Waals surface area contributed by atoms with Crippen LogP contribution in [0.2, 0.25) is 0 Å². The van der Waals surface area contributed by atoms with Crippen LogP contribution < -0.4 is 5.32 Å². The SMILES string of the molecule is COCc1cc(C(=O)NCCCCC#N)no1. The highest BCUT2D eigenvalue weighted by Crippen LogP contribution is 2.04. The predicted octanol–water partition coefficient (Wildman–Crippen LogP) is 1.24. The van der Waals surface area contributed by atoms with Crippen molar-refractivity contribution in [3.8, 4) is 6.07 Å². The van der Waals surface area contributed by atoms with Gasteiger partial charge in [-0.2, -0.15) is 5.26 Å². The molecule has 0 atom stereocenters. The number of nitrogens with zero attached hydrogens (tertiary/aromatic N) is 2. The Bertz CT molecular complexity index is 395. The minimum atomic E-state index is -0.270.